The van der Waals surface area contributed by atoms with Crippen molar-refractivity contribution in [3.8, 4) is 0 Å². The first-order valence-corrected chi connectivity index (χ1v) is 7.23. The summed E-state index contributed by atoms with van der Waals surface area (Å²) in [5.74, 6) is 1.53. The van der Waals surface area contributed by atoms with Crippen LogP contribution in [0.2, 0.25) is 0 Å². The lowest BCUT2D eigenvalue weighted by molar-refractivity contribution is 0.428. The van der Waals surface area contributed by atoms with Crippen molar-refractivity contribution in [1.29, 1.82) is 0 Å². The standard InChI is InChI=1S/C15H27N3/c1-10(9-16-5)8-15-11(2)17-18(13(15)4)12(3)14-6-7-14/h10,12,14,16H,6-9H2,1-5H3. The molecule has 102 valence electrons. The molecule has 0 aliphatic heterocycles. The maximum absolute atomic E-state index is 4.78. The number of aryl methyl sites for hydroxylation is 1. The van der Waals surface area contributed by atoms with Crippen molar-refractivity contribution >= 4 is 0 Å². The van der Waals surface area contributed by atoms with Crippen LogP contribution >= 0.6 is 0 Å². The molecule has 1 saturated carbocycles. The third-order valence-electron chi connectivity index (χ3n) is 4.27. The Hall–Kier alpha value is -0.830. The zero-order valence-corrected chi connectivity index (χ0v) is 12.5. The lowest BCUT2D eigenvalue weighted by Gasteiger charge is -2.14. The van der Waals surface area contributed by atoms with Gasteiger partial charge in [-0.25, -0.2) is 0 Å². The van der Waals surface area contributed by atoms with Crippen LogP contribution in [0.15, 0.2) is 0 Å². The Labute approximate surface area is 111 Å². The molecule has 1 aromatic heterocycles. The van der Waals surface area contributed by atoms with Crippen LogP contribution in [-0.4, -0.2) is 23.4 Å². The van der Waals surface area contributed by atoms with Crippen LogP contribution in [0.1, 0.15) is 49.7 Å². The van der Waals surface area contributed by atoms with E-state index in [1.54, 1.807) is 0 Å². The maximum atomic E-state index is 4.78. The predicted molar refractivity (Wildman–Crippen MR) is 75.9 cm³/mol. The Kier molecular flexibility index (Phi) is 4.10. The van der Waals surface area contributed by atoms with Gasteiger partial charge in [0.2, 0.25) is 0 Å². The minimum Gasteiger partial charge on any atom is -0.319 e. The Balaban J connectivity index is 2.15. The molecule has 0 aromatic carbocycles. The first-order valence-electron chi connectivity index (χ1n) is 7.23. The summed E-state index contributed by atoms with van der Waals surface area (Å²) in [5.41, 5.74) is 4.07. The first-order chi connectivity index (χ1) is 8.54. The second-order valence-corrected chi connectivity index (χ2v) is 6.04. The third-order valence-corrected chi connectivity index (χ3v) is 4.27. The van der Waals surface area contributed by atoms with E-state index in [0.29, 0.717) is 12.0 Å². The van der Waals surface area contributed by atoms with Crippen molar-refractivity contribution in [1.82, 2.24) is 15.1 Å². The smallest absolute Gasteiger partial charge is 0.0628 e. The van der Waals surface area contributed by atoms with Gasteiger partial charge in [-0.3, -0.25) is 4.68 Å². The van der Waals surface area contributed by atoms with Gasteiger partial charge in [-0.1, -0.05) is 6.92 Å². The summed E-state index contributed by atoms with van der Waals surface area (Å²) in [4.78, 5) is 0. The molecule has 1 aliphatic rings. The molecule has 0 saturated heterocycles. The SMILES string of the molecule is CNCC(C)Cc1c(C)nn(C(C)C2CC2)c1C. The fraction of sp³-hybridized carbons (Fsp3) is 0.800. The number of aromatic nitrogens is 2. The van der Waals surface area contributed by atoms with E-state index in [4.69, 9.17) is 5.10 Å². The van der Waals surface area contributed by atoms with Crippen LogP contribution in [-0.2, 0) is 6.42 Å². The Bertz CT molecular complexity index is 404. The molecule has 1 heterocycles. The largest absolute Gasteiger partial charge is 0.319 e. The number of hydrogen-bond acceptors (Lipinski definition) is 2. The van der Waals surface area contributed by atoms with Gasteiger partial charge in [0.1, 0.15) is 0 Å². The monoisotopic (exact) mass is 249 g/mol. The lowest BCUT2D eigenvalue weighted by atomic mass is 9.99. The van der Waals surface area contributed by atoms with Crippen molar-refractivity contribution in [3.63, 3.8) is 0 Å². The van der Waals surface area contributed by atoms with Crippen LogP contribution in [0.5, 0.6) is 0 Å². The highest BCUT2D eigenvalue weighted by Gasteiger charge is 2.31. The molecule has 0 amide bonds. The third kappa shape index (κ3) is 2.77. The fourth-order valence-electron chi connectivity index (χ4n) is 2.94. The predicted octanol–water partition coefficient (Wildman–Crippen LogP) is 2.87. The molecule has 1 N–H and O–H groups in total. The summed E-state index contributed by atoms with van der Waals surface area (Å²) in [6.07, 6.45) is 3.89. The van der Waals surface area contributed by atoms with Crippen molar-refractivity contribution in [2.45, 2.75) is 53.0 Å². The average Bonchev–Trinajstić information content (AvgIpc) is 3.12. The van der Waals surface area contributed by atoms with E-state index in [1.165, 1.54) is 29.8 Å². The quantitative estimate of drug-likeness (QED) is 0.840. The first kappa shape index (κ1) is 13.6. The zero-order valence-electron chi connectivity index (χ0n) is 12.5. The van der Waals surface area contributed by atoms with E-state index >= 15 is 0 Å². The molecule has 3 nitrogen and oxygen atoms in total. The second-order valence-electron chi connectivity index (χ2n) is 6.04. The van der Waals surface area contributed by atoms with Gasteiger partial charge in [-0.15, -0.1) is 0 Å². The zero-order chi connectivity index (χ0) is 13.3. The van der Waals surface area contributed by atoms with Crippen molar-refractivity contribution in [2.24, 2.45) is 11.8 Å². The average molecular weight is 249 g/mol. The van der Waals surface area contributed by atoms with Gasteiger partial charge in [-0.2, -0.15) is 5.10 Å². The van der Waals surface area contributed by atoms with E-state index in [1.807, 2.05) is 7.05 Å². The molecule has 1 fully saturated rings. The van der Waals surface area contributed by atoms with Gasteiger partial charge in [0, 0.05) is 5.69 Å². The van der Waals surface area contributed by atoms with E-state index in [2.05, 4.69) is 37.7 Å². The summed E-state index contributed by atoms with van der Waals surface area (Å²) in [5, 5.41) is 8.04. The molecule has 2 rings (SSSR count). The van der Waals surface area contributed by atoms with Crippen molar-refractivity contribution in [2.75, 3.05) is 13.6 Å². The van der Waals surface area contributed by atoms with Crippen molar-refractivity contribution in [3.05, 3.63) is 17.0 Å². The molecule has 0 bridgehead atoms. The van der Waals surface area contributed by atoms with Crippen LogP contribution in [0.25, 0.3) is 0 Å². The Morgan fingerprint density at radius 1 is 1.33 bits per heavy atom. The number of rotatable bonds is 6. The van der Waals surface area contributed by atoms with Crippen LogP contribution in [0.3, 0.4) is 0 Å². The van der Waals surface area contributed by atoms with E-state index in [-0.39, 0.29) is 0 Å². The Morgan fingerprint density at radius 3 is 2.56 bits per heavy atom. The van der Waals surface area contributed by atoms with Gasteiger partial charge in [-0.05, 0) is 71.0 Å². The van der Waals surface area contributed by atoms with Crippen molar-refractivity contribution < 1.29 is 0 Å². The summed E-state index contributed by atoms with van der Waals surface area (Å²) in [6.45, 7) is 10.1. The summed E-state index contributed by atoms with van der Waals surface area (Å²) in [6, 6.07) is 0.581. The number of nitrogens with zero attached hydrogens (tertiary/aromatic N) is 2. The van der Waals surface area contributed by atoms with Gasteiger partial charge in [0.05, 0.1) is 11.7 Å². The van der Waals surface area contributed by atoms with Crippen LogP contribution in [0.4, 0.5) is 0 Å². The highest BCUT2D eigenvalue weighted by Crippen LogP contribution is 2.40. The lowest BCUT2D eigenvalue weighted by Crippen LogP contribution is -2.18. The minimum atomic E-state index is 0.581. The minimum absolute atomic E-state index is 0.581. The molecule has 0 spiro atoms. The van der Waals surface area contributed by atoms with Crippen LogP contribution < -0.4 is 5.32 Å². The molecular formula is C15H27N3. The van der Waals surface area contributed by atoms with E-state index < -0.39 is 0 Å². The van der Waals surface area contributed by atoms with Gasteiger partial charge in [0.15, 0.2) is 0 Å². The normalized spacial score (nSPS) is 18.9. The van der Waals surface area contributed by atoms with Gasteiger partial charge in [0.25, 0.3) is 0 Å². The summed E-state index contributed by atoms with van der Waals surface area (Å²) < 4.78 is 2.27. The summed E-state index contributed by atoms with van der Waals surface area (Å²) in [7, 11) is 2.02. The molecule has 2 atom stereocenters. The van der Waals surface area contributed by atoms with E-state index in [0.717, 1.165) is 18.9 Å². The highest BCUT2D eigenvalue weighted by molar-refractivity contribution is 5.25. The second kappa shape index (κ2) is 5.43. The number of nitrogens with one attached hydrogen (secondary N) is 1. The molecular weight excluding hydrogens is 222 g/mol. The van der Waals surface area contributed by atoms with E-state index in [9.17, 15) is 0 Å². The van der Waals surface area contributed by atoms with Gasteiger partial charge < -0.3 is 5.32 Å². The molecule has 1 aromatic rings. The fourth-order valence-corrected chi connectivity index (χ4v) is 2.94. The Morgan fingerprint density at radius 2 is 2.00 bits per heavy atom. The topological polar surface area (TPSA) is 29.9 Å². The maximum Gasteiger partial charge on any atom is 0.0628 e. The molecule has 2 unspecified atom stereocenters. The molecule has 0 radical (unpaired) electrons. The number of hydrogen-bond donors (Lipinski definition) is 1. The molecule has 18 heavy (non-hydrogen) atoms. The molecule has 1 aliphatic carbocycles. The van der Waals surface area contributed by atoms with Crippen LogP contribution in [0, 0.1) is 25.7 Å². The molecule has 3 heteroatoms. The van der Waals surface area contributed by atoms with Gasteiger partial charge >= 0.3 is 0 Å². The highest BCUT2D eigenvalue weighted by atomic mass is 15.3. The summed E-state index contributed by atoms with van der Waals surface area (Å²) >= 11 is 0.